The van der Waals surface area contributed by atoms with Crippen molar-refractivity contribution in [3.8, 4) is 0 Å². The number of amides is 4. The first-order valence-corrected chi connectivity index (χ1v) is 8.27. The molecule has 2 saturated carbocycles. The van der Waals surface area contributed by atoms with Crippen LogP contribution in [0.25, 0.3) is 0 Å². The maximum Gasteiger partial charge on any atom is 0.318 e. The van der Waals surface area contributed by atoms with Gasteiger partial charge in [0.15, 0.2) is 0 Å². The third-order valence-electron chi connectivity index (χ3n) is 4.23. The summed E-state index contributed by atoms with van der Waals surface area (Å²) in [6.45, 7) is 0.986. The Kier molecular flexibility index (Phi) is 4.69. The van der Waals surface area contributed by atoms with Crippen LogP contribution in [0, 0.1) is 0 Å². The second-order valence-electron chi connectivity index (χ2n) is 6.28. The fourth-order valence-corrected chi connectivity index (χ4v) is 2.72. The van der Waals surface area contributed by atoms with Gasteiger partial charge in [-0.15, -0.1) is 0 Å². The van der Waals surface area contributed by atoms with Gasteiger partial charge in [-0.3, -0.25) is 0 Å². The second-order valence-corrected chi connectivity index (χ2v) is 6.28. The van der Waals surface area contributed by atoms with Crippen molar-refractivity contribution in [1.82, 2.24) is 20.9 Å². The number of benzene rings is 1. The molecule has 3 rings (SSSR count). The summed E-state index contributed by atoms with van der Waals surface area (Å²) < 4.78 is 0. The Hall–Kier alpha value is -2.24. The molecular weight excluding hydrogens is 292 g/mol. The molecule has 0 bridgehead atoms. The van der Waals surface area contributed by atoms with Gasteiger partial charge in [-0.2, -0.15) is 0 Å². The Balaban J connectivity index is 1.51. The molecule has 1 aromatic carbocycles. The number of nitrogens with one attached hydrogen (secondary N) is 3. The zero-order valence-electron chi connectivity index (χ0n) is 13.5. The standard InChI is InChI=1S/C17H24N4O2/c1-18-16(22)19-10-12-3-2-4-13(9-12)11-20-17(23)21(14-5-6-14)15-7-8-15/h2-4,9,14-15H,5-8,10-11H2,1H3,(H,20,23)(H2,18,19,22). The van der Waals surface area contributed by atoms with Crippen LogP contribution in [0.1, 0.15) is 36.8 Å². The van der Waals surface area contributed by atoms with Crippen LogP contribution in [-0.4, -0.2) is 36.1 Å². The van der Waals surface area contributed by atoms with Crippen molar-refractivity contribution < 1.29 is 9.59 Å². The second kappa shape index (κ2) is 6.89. The molecule has 0 unspecified atom stereocenters. The zero-order valence-corrected chi connectivity index (χ0v) is 13.5. The highest BCUT2D eigenvalue weighted by Crippen LogP contribution is 2.37. The van der Waals surface area contributed by atoms with Crippen molar-refractivity contribution >= 4 is 12.1 Å². The highest BCUT2D eigenvalue weighted by Gasteiger charge is 2.41. The van der Waals surface area contributed by atoms with Crippen molar-refractivity contribution in [2.75, 3.05) is 7.05 Å². The molecule has 4 amide bonds. The van der Waals surface area contributed by atoms with Crippen LogP contribution in [0.5, 0.6) is 0 Å². The Bertz CT molecular complexity index is 570. The number of carbonyl (C=O) groups is 2. The summed E-state index contributed by atoms with van der Waals surface area (Å²) in [5.74, 6) is 0. The molecule has 0 aliphatic heterocycles. The van der Waals surface area contributed by atoms with Crippen LogP contribution in [-0.2, 0) is 13.1 Å². The lowest BCUT2D eigenvalue weighted by Gasteiger charge is -2.22. The summed E-state index contributed by atoms with van der Waals surface area (Å²) in [6, 6.07) is 8.69. The number of carbonyl (C=O) groups excluding carboxylic acids is 2. The molecular formula is C17H24N4O2. The van der Waals surface area contributed by atoms with Gasteiger partial charge in [0.05, 0.1) is 0 Å². The lowest BCUT2D eigenvalue weighted by molar-refractivity contribution is 0.191. The van der Waals surface area contributed by atoms with Gasteiger partial charge < -0.3 is 20.9 Å². The van der Waals surface area contributed by atoms with E-state index in [0.29, 0.717) is 25.2 Å². The molecule has 6 heteroatoms. The van der Waals surface area contributed by atoms with E-state index in [1.165, 1.54) is 0 Å². The molecule has 2 fully saturated rings. The van der Waals surface area contributed by atoms with Crippen molar-refractivity contribution in [1.29, 1.82) is 0 Å². The predicted octanol–water partition coefficient (Wildman–Crippen LogP) is 1.95. The van der Waals surface area contributed by atoms with Gasteiger partial charge in [0, 0.05) is 32.2 Å². The number of hydrogen-bond donors (Lipinski definition) is 3. The van der Waals surface area contributed by atoms with E-state index in [4.69, 9.17) is 0 Å². The fraction of sp³-hybridized carbons (Fsp3) is 0.529. The molecule has 3 N–H and O–H groups in total. The average Bonchev–Trinajstić information content (AvgIpc) is 3.46. The van der Waals surface area contributed by atoms with Crippen molar-refractivity contribution in [3.05, 3.63) is 35.4 Å². The van der Waals surface area contributed by atoms with Crippen molar-refractivity contribution in [3.63, 3.8) is 0 Å². The number of nitrogens with zero attached hydrogens (tertiary/aromatic N) is 1. The summed E-state index contributed by atoms with van der Waals surface area (Å²) in [6.07, 6.45) is 4.57. The summed E-state index contributed by atoms with van der Waals surface area (Å²) >= 11 is 0. The molecule has 0 atom stereocenters. The quantitative estimate of drug-likeness (QED) is 0.750. The third-order valence-corrected chi connectivity index (χ3v) is 4.23. The minimum Gasteiger partial charge on any atom is -0.341 e. The Labute approximate surface area is 136 Å². The van der Waals surface area contributed by atoms with E-state index in [2.05, 4.69) is 16.0 Å². The van der Waals surface area contributed by atoms with E-state index >= 15 is 0 Å². The van der Waals surface area contributed by atoms with Gasteiger partial charge in [-0.05, 0) is 36.8 Å². The first-order chi connectivity index (χ1) is 11.2. The van der Waals surface area contributed by atoms with Gasteiger partial charge in [0.2, 0.25) is 0 Å². The highest BCUT2D eigenvalue weighted by molar-refractivity contribution is 5.75. The van der Waals surface area contributed by atoms with Crippen LogP contribution in [0.15, 0.2) is 24.3 Å². The Morgan fingerprint density at radius 2 is 1.61 bits per heavy atom. The SMILES string of the molecule is CNC(=O)NCc1cccc(CNC(=O)N(C2CC2)C2CC2)c1. The minimum atomic E-state index is -0.201. The number of hydrogen-bond acceptors (Lipinski definition) is 2. The maximum atomic E-state index is 12.4. The fourth-order valence-electron chi connectivity index (χ4n) is 2.72. The van der Waals surface area contributed by atoms with Crippen molar-refractivity contribution in [2.45, 2.75) is 50.9 Å². The van der Waals surface area contributed by atoms with Crippen LogP contribution in [0.2, 0.25) is 0 Å². The van der Waals surface area contributed by atoms with Gasteiger partial charge >= 0.3 is 12.1 Å². The molecule has 23 heavy (non-hydrogen) atoms. The Morgan fingerprint density at radius 1 is 1.04 bits per heavy atom. The van der Waals surface area contributed by atoms with E-state index in [1.807, 2.05) is 29.2 Å². The molecule has 0 spiro atoms. The van der Waals surface area contributed by atoms with Gasteiger partial charge in [0.1, 0.15) is 0 Å². The average molecular weight is 316 g/mol. The van der Waals surface area contributed by atoms with Crippen LogP contribution in [0.4, 0.5) is 9.59 Å². The number of urea groups is 2. The summed E-state index contributed by atoms with van der Waals surface area (Å²) in [4.78, 5) is 25.6. The molecule has 2 aliphatic carbocycles. The largest absolute Gasteiger partial charge is 0.341 e. The predicted molar refractivity (Wildman–Crippen MR) is 87.9 cm³/mol. The van der Waals surface area contributed by atoms with Crippen molar-refractivity contribution in [2.24, 2.45) is 0 Å². The molecule has 0 radical (unpaired) electrons. The lowest BCUT2D eigenvalue weighted by atomic mass is 10.1. The molecule has 1 aromatic rings. The first-order valence-electron chi connectivity index (χ1n) is 8.27. The molecule has 0 heterocycles. The monoisotopic (exact) mass is 316 g/mol. The minimum absolute atomic E-state index is 0.0592. The smallest absolute Gasteiger partial charge is 0.318 e. The van der Waals surface area contributed by atoms with E-state index in [9.17, 15) is 9.59 Å². The van der Waals surface area contributed by atoms with Crippen LogP contribution >= 0.6 is 0 Å². The Morgan fingerprint density at radius 3 is 2.13 bits per heavy atom. The summed E-state index contributed by atoms with van der Waals surface area (Å²) in [5, 5.41) is 8.31. The molecule has 0 saturated heterocycles. The van der Waals surface area contributed by atoms with Gasteiger partial charge in [-0.1, -0.05) is 24.3 Å². The third kappa shape index (κ3) is 4.37. The highest BCUT2D eigenvalue weighted by atomic mass is 16.2. The van der Waals surface area contributed by atoms with E-state index < -0.39 is 0 Å². The van der Waals surface area contributed by atoms with Crippen LogP contribution in [0.3, 0.4) is 0 Å². The summed E-state index contributed by atoms with van der Waals surface area (Å²) in [7, 11) is 1.59. The maximum absolute atomic E-state index is 12.4. The number of rotatable bonds is 6. The van der Waals surface area contributed by atoms with E-state index in [0.717, 1.165) is 36.8 Å². The topological polar surface area (TPSA) is 73.5 Å². The normalized spacial score (nSPS) is 16.6. The van der Waals surface area contributed by atoms with E-state index in [-0.39, 0.29) is 12.1 Å². The molecule has 6 nitrogen and oxygen atoms in total. The molecule has 2 aliphatic rings. The lowest BCUT2D eigenvalue weighted by Crippen LogP contribution is -2.42. The first kappa shape index (κ1) is 15.6. The van der Waals surface area contributed by atoms with Gasteiger partial charge in [-0.25, -0.2) is 9.59 Å². The van der Waals surface area contributed by atoms with E-state index in [1.54, 1.807) is 7.05 Å². The summed E-state index contributed by atoms with van der Waals surface area (Å²) in [5.41, 5.74) is 2.06. The molecule has 124 valence electrons. The molecule has 0 aromatic heterocycles. The van der Waals surface area contributed by atoms with Crippen LogP contribution < -0.4 is 16.0 Å². The zero-order chi connectivity index (χ0) is 16.2. The van der Waals surface area contributed by atoms with Gasteiger partial charge in [0.25, 0.3) is 0 Å².